The molecule has 39 heteroatoms. The summed E-state index contributed by atoms with van der Waals surface area (Å²) in [5, 5.41) is 98.3. The van der Waals surface area contributed by atoms with Crippen molar-refractivity contribution in [2.24, 2.45) is 0 Å². The lowest BCUT2D eigenvalue weighted by Crippen LogP contribution is -2.46. The van der Waals surface area contributed by atoms with Crippen LogP contribution in [0.15, 0.2) is 18.2 Å². The molecule has 4 atom stereocenters. The SMILES string of the molecule is CCC(=O)[C@H](CCCCNC)N[N+](=O)[O-].CCC(=O)[C@H](CC[N+](=O)[O-])N[N+](=O)[O-].CNC(=O)[C@H](CCCCC[N+](=O)[O-])N[N+](=O)[O-].CNC(=O)[C@H](CC[N+](=O)[O-])N[N+](=O)[O-].CNc1ccc([N+](=O)[O-])cc1[N+](=O)[O-]. The first-order valence-corrected chi connectivity index (χ1v) is 21.8. The second kappa shape index (κ2) is 42.9. The predicted molar refractivity (Wildman–Crippen MR) is 255 cm³/mol. The Morgan fingerprint density at radius 1 is 0.473 bits per heavy atom. The van der Waals surface area contributed by atoms with E-state index in [-0.39, 0.29) is 55.1 Å². The van der Waals surface area contributed by atoms with Gasteiger partial charge in [-0.2, -0.15) is 0 Å². The fraction of sp³-hybridized carbons (Fsp3) is 0.714. The Balaban J connectivity index is -0.000000415. The van der Waals surface area contributed by atoms with Crippen LogP contribution in [-0.2, 0) is 19.2 Å². The number of hydrazine groups is 4. The van der Waals surface area contributed by atoms with E-state index in [1.54, 1.807) is 24.7 Å². The van der Waals surface area contributed by atoms with E-state index in [4.69, 9.17) is 0 Å². The maximum atomic E-state index is 11.3. The van der Waals surface area contributed by atoms with Crippen molar-refractivity contribution in [3.05, 3.63) is 109 Å². The van der Waals surface area contributed by atoms with Crippen LogP contribution in [0.1, 0.15) is 84.5 Å². The van der Waals surface area contributed by atoms with E-state index in [0.29, 0.717) is 32.1 Å². The number of hydrogen-bond acceptors (Lipinski definition) is 24. The van der Waals surface area contributed by atoms with E-state index < -0.39 is 99.6 Å². The number of benzene rings is 1. The van der Waals surface area contributed by atoms with Gasteiger partial charge < -0.3 is 21.3 Å². The Morgan fingerprint density at radius 2 is 0.851 bits per heavy atom. The summed E-state index contributed by atoms with van der Waals surface area (Å²) in [6.45, 7) is 3.04. The van der Waals surface area contributed by atoms with Gasteiger partial charge in [0.1, 0.15) is 11.7 Å². The maximum Gasteiger partial charge on any atom is 0.299 e. The van der Waals surface area contributed by atoms with Crippen molar-refractivity contribution in [1.29, 1.82) is 0 Å². The lowest BCUT2D eigenvalue weighted by atomic mass is 10.0. The van der Waals surface area contributed by atoms with Crippen molar-refractivity contribution in [2.75, 3.05) is 59.7 Å². The average Bonchev–Trinajstić information content (AvgIpc) is 3.33. The highest BCUT2D eigenvalue weighted by Gasteiger charge is 2.25. The van der Waals surface area contributed by atoms with Crippen LogP contribution in [0, 0.1) is 91.0 Å². The number of rotatable bonds is 34. The number of nitrogens with one attached hydrogen (secondary N) is 8. The van der Waals surface area contributed by atoms with Gasteiger partial charge in [0.15, 0.2) is 49.8 Å². The van der Waals surface area contributed by atoms with Crippen molar-refractivity contribution in [2.45, 2.75) is 109 Å². The number of anilines is 1. The molecule has 420 valence electrons. The summed E-state index contributed by atoms with van der Waals surface area (Å²) in [5.41, 5.74) is 7.06. The average molecular weight is 1070 g/mol. The van der Waals surface area contributed by atoms with Crippen molar-refractivity contribution in [1.82, 2.24) is 37.7 Å². The van der Waals surface area contributed by atoms with Crippen LogP contribution in [0.25, 0.3) is 0 Å². The predicted octanol–water partition coefficient (Wildman–Crippen LogP) is 0.101. The van der Waals surface area contributed by atoms with Crippen LogP contribution in [-0.4, -0.2) is 147 Å². The number of carbonyl (C=O) groups excluding carboxylic acids is 4. The molecule has 0 heterocycles. The Hall–Kier alpha value is -8.94. The molecule has 8 N–H and O–H groups in total. The summed E-state index contributed by atoms with van der Waals surface area (Å²) in [7, 11) is 6.05. The summed E-state index contributed by atoms with van der Waals surface area (Å²) >= 11 is 0. The molecule has 0 fully saturated rings. The third-order valence-corrected chi connectivity index (χ3v) is 9.01. The van der Waals surface area contributed by atoms with Crippen molar-refractivity contribution in [3.63, 3.8) is 0 Å². The molecule has 0 unspecified atom stereocenters. The first-order valence-electron chi connectivity index (χ1n) is 21.8. The van der Waals surface area contributed by atoms with Gasteiger partial charge in [0.25, 0.3) is 11.4 Å². The quantitative estimate of drug-likeness (QED) is 0.0258. The third-order valence-electron chi connectivity index (χ3n) is 9.01. The zero-order chi connectivity index (χ0) is 57.9. The molecule has 39 nitrogen and oxygen atoms in total. The number of non-ortho nitro benzene ring substituents is 1. The standard InChI is InChI=1S/C9H19N3O3.C8H16N4O5.C7H7N3O4.C6H11N3O5.C5H10N4O5/c1-3-9(13)8(11-12(14)15)6-4-5-7-10-2;1-9-8(13)7(10-12(16)17)5-3-2-4-6-11(14)15;1-8-6-3-2-5(9(11)12)4-7(6)10(13)14;1-2-6(10)5(7-9(13)14)3-4-8(11)12;1-6-5(10)4(7-9(13)14)2-3-8(11)12/h8,10-11H,3-7H2,1-2H3;7,10H,2-6H2,1H3,(H,9,13);2-4,8H,1H3;5,7H,2-4H2,1H3;4,7H,2-3H2,1H3,(H,6,10)/t8-;7-;;5-;4-/m00.00/s1. The third kappa shape index (κ3) is 39.9. The number of Topliss-reactive ketones (excluding diaryl/α,β-unsaturated/α-hetero) is 2. The van der Waals surface area contributed by atoms with E-state index in [0.717, 1.165) is 25.5 Å². The number of likely N-dealkylation sites (N-methyl/N-ethyl adjacent to an activating group) is 2. The maximum absolute atomic E-state index is 11.3. The number of nitro groups is 9. The largest absolute Gasteiger partial charge is 0.383 e. The summed E-state index contributed by atoms with van der Waals surface area (Å²) in [6, 6.07) is -0.353. The number of ketones is 2. The fourth-order valence-corrected chi connectivity index (χ4v) is 5.34. The summed E-state index contributed by atoms with van der Waals surface area (Å²) in [6.07, 6.45) is 4.07. The first kappa shape index (κ1) is 71.6. The smallest absolute Gasteiger partial charge is 0.299 e. The number of amides is 2. The minimum atomic E-state index is -1.18. The van der Waals surface area contributed by atoms with Gasteiger partial charge in [-0.1, -0.05) is 20.3 Å². The Bertz CT molecular complexity index is 1950. The van der Waals surface area contributed by atoms with Gasteiger partial charge in [-0.15, -0.1) is 21.7 Å². The summed E-state index contributed by atoms with van der Waals surface area (Å²) in [4.78, 5) is 133. The van der Waals surface area contributed by atoms with Crippen LogP contribution in [0.3, 0.4) is 0 Å². The molecule has 0 saturated heterocycles. The van der Waals surface area contributed by atoms with Gasteiger partial charge in [-0.3, -0.25) is 69.7 Å². The molecule has 1 rings (SSSR count). The minimum Gasteiger partial charge on any atom is -0.383 e. The molecule has 0 bridgehead atoms. The molecule has 2 amide bonds. The number of nitro benzene ring substituents is 2. The van der Waals surface area contributed by atoms with Gasteiger partial charge in [0.2, 0.25) is 31.4 Å². The lowest BCUT2D eigenvalue weighted by Gasteiger charge is -2.11. The van der Waals surface area contributed by atoms with Crippen LogP contribution in [0.4, 0.5) is 17.1 Å². The Labute approximate surface area is 419 Å². The van der Waals surface area contributed by atoms with Crippen LogP contribution in [0.5, 0.6) is 0 Å². The van der Waals surface area contributed by atoms with Gasteiger partial charge in [-0.25, -0.2) is 40.5 Å². The van der Waals surface area contributed by atoms with E-state index >= 15 is 0 Å². The Kier molecular flexibility index (Phi) is 41.5. The van der Waals surface area contributed by atoms with Gasteiger partial charge >= 0.3 is 0 Å². The van der Waals surface area contributed by atoms with E-state index in [1.165, 1.54) is 33.3 Å². The van der Waals surface area contributed by atoms with Crippen molar-refractivity contribution < 1.29 is 63.9 Å². The number of nitrogens with zero attached hydrogens (tertiary/aromatic N) is 9. The van der Waals surface area contributed by atoms with E-state index in [9.17, 15) is 110 Å². The topological polar surface area (TPSA) is 553 Å². The molecule has 1 aromatic carbocycles. The second-order valence-corrected chi connectivity index (χ2v) is 14.3. The molecule has 0 spiro atoms. The van der Waals surface area contributed by atoms with Crippen LogP contribution < -0.4 is 43.0 Å². The highest BCUT2D eigenvalue weighted by Crippen LogP contribution is 2.28. The minimum absolute atomic E-state index is 0.101. The molecule has 0 saturated carbocycles. The molecule has 74 heavy (non-hydrogen) atoms. The molecule has 0 aliphatic carbocycles. The number of unbranched alkanes of at least 4 members (excludes halogenated alkanes) is 3. The van der Waals surface area contributed by atoms with E-state index in [1.807, 2.05) is 12.5 Å². The highest BCUT2D eigenvalue weighted by molar-refractivity contribution is 5.84. The fourth-order valence-electron chi connectivity index (χ4n) is 5.34. The molecule has 1 aromatic rings. The van der Waals surface area contributed by atoms with Gasteiger partial charge in [0.05, 0.1) is 15.9 Å². The van der Waals surface area contributed by atoms with E-state index in [2.05, 4.69) is 26.7 Å². The number of carbonyl (C=O) groups is 4. The summed E-state index contributed by atoms with van der Waals surface area (Å²) < 4.78 is 0. The van der Waals surface area contributed by atoms with Crippen LogP contribution >= 0.6 is 0 Å². The molecule has 0 aliphatic rings. The Morgan fingerprint density at radius 3 is 1.20 bits per heavy atom. The molecule has 0 aliphatic heterocycles. The lowest BCUT2D eigenvalue weighted by molar-refractivity contribution is -0.551. The molecule has 0 radical (unpaired) electrons. The normalized spacial score (nSPS) is 11.3. The monoisotopic (exact) mass is 1070 g/mol. The molecular formula is C35H63N17O22. The number of hydrogen-bond donors (Lipinski definition) is 8. The first-order chi connectivity index (χ1) is 34.6. The second-order valence-electron chi connectivity index (χ2n) is 14.3. The molecular weight excluding hydrogens is 1010 g/mol. The zero-order valence-electron chi connectivity index (χ0n) is 41.2. The molecule has 0 aromatic heterocycles. The van der Waals surface area contributed by atoms with Gasteiger partial charge in [-0.05, 0) is 51.8 Å². The van der Waals surface area contributed by atoms with Crippen molar-refractivity contribution >= 4 is 40.4 Å². The van der Waals surface area contributed by atoms with Crippen LogP contribution in [0.2, 0.25) is 0 Å². The van der Waals surface area contributed by atoms with Gasteiger partial charge in [0, 0.05) is 74.1 Å². The zero-order valence-corrected chi connectivity index (χ0v) is 41.2. The van der Waals surface area contributed by atoms with Crippen molar-refractivity contribution in [3.8, 4) is 0 Å². The summed E-state index contributed by atoms with van der Waals surface area (Å²) in [5.74, 6) is -1.61. The highest BCUT2D eigenvalue weighted by atomic mass is 16.7.